The van der Waals surface area contributed by atoms with E-state index in [9.17, 15) is 4.79 Å². The van der Waals surface area contributed by atoms with Crippen molar-refractivity contribution in [2.75, 3.05) is 25.1 Å². The molecule has 7 heteroatoms. The topological polar surface area (TPSA) is 80.5 Å². The number of carbonyl (C=O) groups excluding carboxylic acids is 1. The fourth-order valence-electron chi connectivity index (χ4n) is 2.29. The molecule has 1 saturated heterocycles. The number of morpholine rings is 1. The van der Waals surface area contributed by atoms with Gasteiger partial charge in [0, 0.05) is 25.2 Å². The van der Waals surface area contributed by atoms with E-state index in [1.54, 1.807) is 4.52 Å². The van der Waals surface area contributed by atoms with Gasteiger partial charge in [-0.25, -0.2) is 9.50 Å². The van der Waals surface area contributed by atoms with Gasteiger partial charge in [0.1, 0.15) is 5.82 Å². The molecule has 1 atom stereocenters. The third-order valence-electron chi connectivity index (χ3n) is 3.17. The fourth-order valence-corrected chi connectivity index (χ4v) is 2.29. The predicted molar refractivity (Wildman–Crippen MR) is 73.6 cm³/mol. The van der Waals surface area contributed by atoms with Gasteiger partial charge in [-0.2, -0.15) is 5.10 Å². The quantitative estimate of drug-likeness (QED) is 0.845. The smallest absolute Gasteiger partial charge is 0.226 e. The second-order valence-corrected chi connectivity index (χ2v) is 4.83. The monoisotopic (exact) mass is 275 g/mol. The van der Waals surface area contributed by atoms with Gasteiger partial charge in [0.05, 0.1) is 18.9 Å². The Morgan fingerprint density at radius 2 is 2.55 bits per heavy atom. The van der Waals surface area contributed by atoms with Gasteiger partial charge < -0.3 is 15.4 Å². The number of pyridine rings is 1. The van der Waals surface area contributed by atoms with Gasteiger partial charge in [-0.15, -0.1) is 0 Å². The molecule has 1 aliphatic heterocycles. The van der Waals surface area contributed by atoms with Crippen LogP contribution in [0.3, 0.4) is 0 Å². The largest absolute Gasteiger partial charge is 0.378 e. The highest BCUT2D eigenvalue weighted by Gasteiger charge is 2.17. The van der Waals surface area contributed by atoms with Crippen molar-refractivity contribution in [3.63, 3.8) is 0 Å². The normalized spacial score (nSPS) is 19.1. The van der Waals surface area contributed by atoms with Gasteiger partial charge in [-0.1, -0.05) is 0 Å². The van der Waals surface area contributed by atoms with E-state index in [0.29, 0.717) is 36.8 Å². The minimum absolute atomic E-state index is 0.0539. The van der Waals surface area contributed by atoms with Crippen molar-refractivity contribution in [2.24, 2.45) is 0 Å². The molecule has 0 aliphatic carbocycles. The Balaban J connectivity index is 1.70. The maximum absolute atomic E-state index is 12.1. The third kappa shape index (κ3) is 2.78. The number of carbonyl (C=O) groups is 1. The van der Waals surface area contributed by atoms with Crippen LogP contribution in [0.1, 0.15) is 12.2 Å². The van der Waals surface area contributed by atoms with E-state index < -0.39 is 0 Å². The van der Waals surface area contributed by atoms with Crippen LogP contribution in [-0.2, 0) is 9.53 Å². The number of hydrogen-bond donors (Lipinski definition) is 2. The molecule has 2 aromatic heterocycles. The molecule has 0 bridgehead atoms. The molecule has 106 valence electrons. The number of nitrogens with zero attached hydrogens (tertiary/aromatic N) is 3. The van der Waals surface area contributed by atoms with Crippen LogP contribution in [0.25, 0.3) is 5.65 Å². The van der Waals surface area contributed by atoms with Crippen molar-refractivity contribution < 1.29 is 9.53 Å². The van der Waals surface area contributed by atoms with Crippen molar-refractivity contribution in [3.8, 4) is 0 Å². The Labute approximate surface area is 116 Å². The van der Waals surface area contributed by atoms with Gasteiger partial charge >= 0.3 is 0 Å². The number of amides is 1. The minimum Gasteiger partial charge on any atom is -0.378 e. The molecule has 7 nitrogen and oxygen atoms in total. The molecule has 1 amide bonds. The number of rotatable bonds is 3. The molecule has 1 aliphatic rings. The van der Waals surface area contributed by atoms with Crippen LogP contribution >= 0.6 is 0 Å². The summed E-state index contributed by atoms with van der Waals surface area (Å²) in [7, 11) is 0. The van der Waals surface area contributed by atoms with Crippen LogP contribution in [0, 0.1) is 6.92 Å². The summed E-state index contributed by atoms with van der Waals surface area (Å²) < 4.78 is 7.00. The van der Waals surface area contributed by atoms with Gasteiger partial charge in [0.2, 0.25) is 5.91 Å². The van der Waals surface area contributed by atoms with Crippen LogP contribution < -0.4 is 10.6 Å². The molecule has 0 unspecified atom stereocenters. The van der Waals surface area contributed by atoms with Gasteiger partial charge in [-0.3, -0.25) is 4.79 Å². The summed E-state index contributed by atoms with van der Waals surface area (Å²) in [6.07, 6.45) is 2.19. The van der Waals surface area contributed by atoms with E-state index in [1.807, 2.05) is 25.3 Å². The van der Waals surface area contributed by atoms with Crippen LogP contribution in [0.2, 0.25) is 0 Å². The summed E-state index contributed by atoms with van der Waals surface area (Å²) in [6.45, 7) is 3.89. The molecule has 0 radical (unpaired) electrons. The standard InChI is InChI=1S/C13H17N5O2/c1-9-15-13-11(3-2-5-18(13)17-9)16-12(19)7-10-8-20-6-4-14-10/h2-3,5,10,14H,4,6-8H2,1H3,(H,16,19)/t10-/m1/s1. The Morgan fingerprint density at radius 3 is 3.35 bits per heavy atom. The van der Waals surface area contributed by atoms with Crippen LogP contribution in [0.5, 0.6) is 0 Å². The Morgan fingerprint density at radius 1 is 1.65 bits per heavy atom. The second kappa shape index (κ2) is 5.56. The molecule has 3 rings (SSSR count). The summed E-state index contributed by atoms with van der Waals surface area (Å²) in [5.41, 5.74) is 1.33. The molecule has 20 heavy (non-hydrogen) atoms. The highest BCUT2D eigenvalue weighted by molar-refractivity contribution is 5.94. The average Bonchev–Trinajstić information content (AvgIpc) is 2.81. The highest BCUT2D eigenvalue weighted by atomic mass is 16.5. The van der Waals surface area contributed by atoms with Gasteiger partial charge in [-0.05, 0) is 19.1 Å². The predicted octanol–water partition coefficient (Wildman–Crippen LogP) is 0.355. The average molecular weight is 275 g/mol. The second-order valence-electron chi connectivity index (χ2n) is 4.83. The zero-order chi connectivity index (χ0) is 13.9. The third-order valence-corrected chi connectivity index (χ3v) is 3.17. The lowest BCUT2D eigenvalue weighted by Crippen LogP contribution is -2.43. The molecule has 0 aromatic carbocycles. The summed E-state index contributed by atoms with van der Waals surface area (Å²) >= 11 is 0. The number of fused-ring (bicyclic) bond motifs is 1. The molecule has 2 N–H and O–H groups in total. The van der Waals surface area contributed by atoms with Gasteiger partial charge in [0.15, 0.2) is 5.65 Å². The Bertz CT molecular complexity index is 618. The highest BCUT2D eigenvalue weighted by Crippen LogP contribution is 2.15. The maximum atomic E-state index is 12.1. The maximum Gasteiger partial charge on any atom is 0.226 e. The lowest BCUT2D eigenvalue weighted by Gasteiger charge is -2.23. The van der Waals surface area contributed by atoms with Crippen molar-refractivity contribution in [1.29, 1.82) is 0 Å². The van der Waals surface area contributed by atoms with Crippen LogP contribution in [0.4, 0.5) is 5.69 Å². The Hall–Kier alpha value is -1.99. The lowest BCUT2D eigenvalue weighted by atomic mass is 10.2. The van der Waals surface area contributed by atoms with Crippen LogP contribution in [0.15, 0.2) is 18.3 Å². The summed E-state index contributed by atoms with van der Waals surface area (Å²) in [6, 6.07) is 3.73. The zero-order valence-corrected chi connectivity index (χ0v) is 11.3. The number of aryl methyl sites for hydroxylation is 1. The number of nitrogens with one attached hydrogen (secondary N) is 2. The molecular weight excluding hydrogens is 258 g/mol. The Kier molecular flexibility index (Phi) is 3.62. The number of ether oxygens (including phenoxy) is 1. The summed E-state index contributed by atoms with van der Waals surface area (Å²) in [5, 5.41) is 10.4. The fraction of sp³-hybridized carbons (Fsp3) is 0.462. The first-order valence-corrected chi connectivity index (χ1v) is 6.65. The van der Waals surface area contributed by atoms with E-state index in [0.717, 1.165) is 6.54 Å². The van der Waals surface area contributed by atoms with Crippen molar-refractivity contribution in [2.45, 2.75) is 19.4 Å². The van der Waals surface area contributed by atoms with Crippen LogP contribution in [-0.4, -0.2) is 46.3 Å². The van der Waals surface area contributed by atoms with Crippen molar-refractivity contribution >= 4 is 17.2 Å². The molecule has 1 fully saturated rings. The van der Waals surface area contributed by atoms with E-state index in [2.05, 4.69) is 20.7 Å². The first kappa shape index (κ1) is 13.0. The summed E-state index contributed by atoms with van der Waals surface area (Å²) in [4.78, 5) is 16.4. The van der Waals surface area contributed by atoms with Gasteiger partial charge in [0.25, 0.3) is 0 Å². The lowest BCUT2D eigenvalue weighted by molar-refractivity contribution is -0.117. The molecule has 0 spiro atoms. The first-order chi connectivity index (χ1) is 9.72. The number of hydrogen-bond acceptors (Lipinski definition) is 5. The molecule has 2 aromatic rings. The molecule has 3 heterocycles. The minimum atomic E-state index is -0.0539. The molecule has 0 saturated carbocycles. The van der Waals surface area contributed by atoms with E-state index in [-0.39, 0.29) is 11.9 Å². The molecular formula is C13H17N5O2. The number of aromatic nitrogens is 3. The van der Waals surface area contributed by atoms with Crippen molar-refractivity contribution in [1.82, 2.24) is 19.9 Å². The summed E-state index contributed by atoms with van der Waals surface area (Å²) in [5.74, 6) is 0.621. The van der Waals surface area contributed by atoms with E-state index in [4.69, 9.17) is 4.74 Å². The van der Waals surface area contributed by atoms with Crippen molar-refractivity contribution in [3.05, 3.63) is 24.2 Å². The van der Waals surface area contributed by atoms with E-state index in [1.165, 1.54) is 0 Å². The zero-order valence-electron chi connectivity index (χ0n) is 11.3. The number of anilines is 1. The SMILES string of the molecule is Cc1nc2c(NC(=O)C[C@@H]3COCCN3)cccn2n1. The van der Waals surface area contributed by atoms with E-state index >= 15 is 0 Å². The first-order valence-electron chi connectivity index (χ1n) is 6.65.